The van der Waals surface area contributed by atoms with Gasteiger partial charge in [0.1, 0.15) is 5.75 Å². The lowest BCUT2D eigenvalue weighted by Gasteiger charge is -2.20. The van der Waals surface area contributed by atoms with Crippen LogP contribution in [0.5, 0.6) is 5.75 Å². The van der Waals surface area contributed by atoms with Crippen LogP contribution in [0.3, 0.4) is 0 Å². The number of hydrogen-bond donors (Lipinski definition) is 0. The lowest BCUT2D eigenvalue weighted by Crippen LogP contribution is -2.08. The summed E-state index contributed by atoms with van der Waals surface area (Å²) in [5, 5.41) is 0. The third-order valence-electron chi connectivity index (χ3n) is 3.98. The molecule has 3 rings (SSSR count). The predicted octanol–water partition coefficient (Wildman–Crippen LogP) is 5.70. The largest absolute Gasteiger partial charge is 0.493 e. The van der Waals surface area contributed by atoms with Crippen LogP contribution < -0.4 is 4.74 Å². The topological polar surface area (TPSA) is 9.23 Å². The number of ether oxygens (including phenoxy) is 1. The summed E-state index contributed by atoms with van der Waals surface area (Å²) in [6.07, 6.45) is 2.03. The number of alkyl halides is 1. The summed E-state index contributed by atoms with van der Waals surface area (Å²) in [7, 11) is 0. The van der Waals surface area contributed by atoms with E-state index in [4.69, 9.17) is 4.74 Å². The van der Waals surface area contributed by atoms with Gasteiger partial charge >= 0.3 is 0 Å². The van der Waals surface area contributed by atoms with Gasteiger partial charge in [-0.3, -0.25) is 0 Å². The Kier molecular flexibility index (Phi) is 4.70. The van der Waals surface area contributed by atoms with Gasteiger partial charge in [0.2, 0.25) is 0 Å². The minimum Gasteiger partial charge on any atom is -0.493 e. The quantitative estimate of drug-likeness (QED) is 0.588. The van der Waals surface area contributed by atoms with Gasteiger partial charge in [0.15, 0.2) is 0 Å². The van der Waals surface area contributed by atoms with Crippen molar-refractivity contribution < 1.29 is 4.74 Å². The molecule has 0 bridgehead atoms. The van der Waals surface area contributed by atoms with Crippen LogP contribution in [0.2, 0.25) is 0 Å². The smallest absolute Gasteiger partial charge is 0.125 e. The van der Waals surface area contributed by atoms with Crippen molar-refractivity contribution in [3.63, 3.8) is 0 Å². The van der Waals surface area contributed by atoms with Gasteiger partial charge in [0, 0.05) is 15.7 Å². The van der Waals surface area contributed by atoms with E-state index in [0.717, 1.165) is 29.7 Å². The van der Waals surface area contributed by atoms with E-state index in [2.05, 4.69) is 81.2 Å². The number of hydrogen-bond acceptors (Lipinski definition) is 1. The number of benzene rings is 2. The fraction of sp³-hybridized carbons (Fsp3) is 0.333. The molecule has 0 N–H and O–H groups in total. The van der Waals surface area contributed by atoms with E-state index in [1.54, 1.807) is 0 Å². The van der Waals surface area contributed by atoms with E-state index in [0.29, 0.717) is 10.7 Å². The zero-order valence-corrected chi connectivity index (χ0v) is 15.2. The van der Waals surface area contributed by atoms with E-state index >= 15 is 0 Å². The minimum atomic E-state index is 0.356. The van der Waals surface area contributed by atoms with Crippen LogP contribution in [0, 0.1) is 5.92 Å². The van der Waals surface area contributed by atoms with E-state index in [-0.39, 0.29) is 0 Å². The molecule has 1 heterocycles. The molecule has 110 valence electrons. The molecule has 0 fully saturated rings. The minimum absolute atomic E-state index is 0.356. The van der Waals surface area contributed by atoms with Crippen LogP contribution in [-0.4, -0.2) is 6.61 Å². The third kappa shape index (κ3) is 3.35. The van der Waals surface area contributed by atoms with Crippen molar-refractivity contribution in [1.82, 2.24) is 0 Å². The standard InChI is InChI=1S/C18H18Br2O/c1-12(17(20)13-5-3-2-4-6-13)9-15-11-16(19)10-14-7-8-21-18(14)15/h2-6,10-12,17H,7-9H2,1H3. The first-order valence-electron chi connectivity index (χ1n) is 7.28. The molecule has 0 saturated carbocycles. The highest BCUT2D eigenvalue weighted by atomic mass is 79.9. The van der Waals surface area contributed by atoms with Gasteiger partial charge in [-0.1, -0.05) is 69.1 Å². The van der Waals surface area contributed by atoms with Crippen molar-refractivity contribution in [3.05, 3.63) is 63.6 Å². The molecule has 2 atom stereocenters. The maximum absolute atomic E-state index is 5.83. The molecule has 0 aliphatic carbocycles. The van der Waals surface area contributed by atoms with E-state index in [9.17, 15) is 0 Å². The molecule has 0 aromatic heterocycles. The fourth-order valence-electron chi connectivity index (χ4n) is 2.91. The van der Waals surface area contributed by atoms with Crippen LogP contribution in [-0.2, 0) is 12.8 Å². The molecule has 21 heavy (non-hydrogen) atoms. The summed E-state index contributed by atoms with van der Waals surface area (Å²) in [6.45, 7) is 3.10. The van der Waals surface area contributed by atoms with E-state index in [1.807, 2.05) is 0 Å². The molecule has 0 radical (unpaired) electrons. The van der Waals surface area contributed by atoms with Crippen molar-refractivity contribution in [2.45, 2.75) is 24.6 Å². The second-order valence-corrected chi connectivity index (χ2v) is 7.55. The zero-order valence-electron chi connectivity index (χ0n) is 12.0. The Morgan fingerprint density at radius 3 is 2.71 bits per heavy atom. The molecule has 0 spiro atoms. The molecule has 1 nitrogen and oxygen atoms in total. The maximum atomic E-state index is 5.83. The second kappa shape index (κ2) is 6.53. The first-order valence-corrected chi connectivity index (χ1v) is 8.99. The van der Waals surface area contributed by atoms with Crippen LogP contribution in [0.25, 0.3) is 0 Å². The molecule has 1 aliphatic heterocycles. The van der Waals surface area contributed by atoms with Crippen LogP contribution in [0.1, 0.15) is 28.4 Å². The van der Waals surface area contributed by atoms with Gasteiger partial charge < -0.3 is 4.74 Å². The molecule has 2 aromatic rings. The van der Waals surface area contributed by atoms with Crippen molar-refractivity contribution in [3.8, 4) is 5.75 Å². The monoisotopic (exact) mass is 408 g/mol. The van der Waals surface area contributed by atoms with E-state index in [1.165, 1.54) is 16.7 Å². The molecular weight excluding hydrogens is 392 g/mol. The van der Waals surface area contributed by atoms with Crippen LogP contribution in [0.4, 0.5) is 0 Å². The fourth-order valence-corrected chi connectivity index (χ4v) is 3.96. The van der Waals surface area contributed by atoms with E-state index < -0.39 is 0 Å². The van der Waals surface area contributed by atoms with Crippen molar-refractivity contribution in [2.24, 2.45) is 5.92 Å². The summed E-state index contributed by atoms with van der Waals surface area (Å²) >= 11 is 7.48. The Balaban J connectivity index is 1.81. The Bertz CT molecular complexity index is 625. The summed E-state index contributed by atoms with van der Waals surface area (Å²) < 4.78 is 6.99. The molecule has 2 unspecified atom stereocenters. The van der Waals surface area contributed by atoms with Gasteiger partial charge in [-0.15, -0.1) is 0 Å². The van der Waals surface area contributed by atoms with Crippen molar-refractivity contribution >= 4 is 31.9 Å². The zero-order chi connectivity index (χ0) is 14.8. The molecule has 0 saturated heterocycles. The van der Waals surface area contributed by atoms with Gasteiger partial charge in [0.05, 0.1) is 6.61 Å². The average molecular weight is 410 g/mol. The Hall–Kier alpha value is -0.800. The number of halogens is 2. The van der Waals surface area contributed by atoms with Gasteiger partial charge in [0.25, 0.3) is 0 Å². The molecule has 3 heteroatoms. The lowest BCUT2D eigenvalue weighted by atomic mass is 9.93. The Morgan fingerprint density at radius 2 is 1.95 bits per heavy atom. The van der Waals surface area contributed by atoms with Crippen LogP contribution >= 0.6 is 31.9 Å². The summed E-state index contributed by atoms with van der Waals surface area (Å²) in [4.78, 5) is 0.356. The SMILES string of the molecule is CC(Cc1cc(Br)cc2c1OCC2)C(Br)c1ccccc1. The maximum Gasteiger partial charge on any atom is 0.125 e. The normalized spacial score (nSPS) is 16.1. The van der Waals surface area contributed by atoms with Crippen molar-refractivity contribution in [2.75, 3.05) is 6.61 Å². The van der Waals surface area contributed by atoms with Crippen molar-refractivity contribution in [1.29, 1.82) is 0 Å². The molecular formula is C18H18Br2O. The first kappa shape index (κ1) is 15.1. The Morgan fingerprint density at radius 1 is 1.19 bits per heavy atom. The second-order valence-electron chi connectivity index (χ2n) is 5.65. The highest BCUT2D eigenvalue weighted by molar-refractivity contribution is 9.10. The predicted molar refractivity (Wildman–Crippen MR) is 94.3 cm³/mol. The van der Waals surface area contributed by atoms with Gasteiger partial charge in [-0.25, -0.2) is 0 Å². The van der Waals surface area contributed by atoms with Crippen LogP contribution in [0.15, 0.2) is 46.9 Å². The molecule has 2 aromatic carbocycles. The summed E-state index contributed by atoms with van der Waals surface area (Å²) in [6, 6.07) is 15.0. The molecule has 1 aliphatic rings. The highest BCUT2D eigenvalue weighted by Crippen LogP contribution is 2.38. The lowest BCUT2D eigenvalue weighted by molar-refractivity contribution is 0.351. The highest BCUT2D eigenvalue weighted by Gasteiger charge is 2.22. The van der Waals surface area contributed by atoms with Gasteiger partial charge in [-0.05, 0) is 41.2 Å². The summed E-state index contributed by atoms with van der Waals surface area (Å²) in [5.41, 5.74) is 3.97. The number of rotatable bonds is 4. The molecule has 0 amide bonds. The average Bonchev–Trinajstić information content (AvgIpc) is 2.95. The number of fused-ring (bicyclic) bond motifs is 1. The summed E-state index contributed by atoms with van der Waals surface area (Å²) in [5.74, 6) is 1.60. The van der Waals surface area contributed by atoms with Gasteiger partial charge in [-0.2, -0.15) is 0 Å². The first-order chi connectivity index (χ1) is 10.1. The Labute approximate surface area is 143 Å². The third-order valence-corrected chi connectivity index (χ3v) is 5.87.